The Kier molecular flexibility index (Phi) is 23.3. The Labute approximate surface area is 457 Å². The van der Waals surface area contributed by atoms with Crippen molar-refractivity contribution in [2.75, 3.05) is 81.1 Å². The molecule has 0 spiro atoms. The fraction of sp³-hybridized carbons (Fsp3) is 0.536. The van der Waals surface area contributed by atoms with E-state index >= 15 is 0 Å². The molecule has 0 aliphatic carbocycles. The zero-order valence-electron chi connectivity index (χ0n) is 44.4. The first-order valence-corrected chi connectivity index (χ1v) is 28.0. The van der Waals surface area contributed by atoms with Crippen molar-refractivity contribution in [1.29, 1.82) is 0 Å². The largest absolute Gasteiger partial charge is 0.478 e. The number of hydrogen-bond acceptors (Lipinski definition) is 11. The number of aromatic carboxylic acids is 1. The molecule has 0 unspecified atom stereocenters. The van der Waals surface area contributed by atoms with Crippen LogP contribution in [0.1, 0.15) is 144 Å². The maximum absolute atomic E-state index is 13.2. The van der Waals surface area contributed by atoms with Crippen LogP contribution in [0.5, 0.6) is 0 Å². The van der Waals surface area contributed by atoms with Crippen molar-refractivity contribution >= 4 is 82.7 Å². The zero-order valence-corrected chi connectivity index (χ0v) is 49.1. The summed E-state index contributed by atoms with van der Waals surface area (Å²) in [6.45, 7) is 25.8. The fourth-order valence-corrected chi connectivity index (χ4v) is 11.6. The number of ether oxygens (including phenoxy) is 4. The van der Waals surface area contributed by atoms with Crippen LogP contribution in [-0.2, 0) is 25.5 Å². The highest BCUT2D eigenvalue weighted by molar-refractivity contribution is 9.11. The number of methoxy groups -OCH3 is 1. The first kappa shape index (κ1) is 59.6. The molecule has 3 aliphatic heterocycles. The van der Waals surface area contributed by atoms with E-state index in [1.807, 2.05) is 52.0 Å². The lowest BCUT2D eigenvalue weighted by atomic mass is 9.97. The third kappa shape index (κ3) is 15.7. The molecule has 0 bridgehead atoms. The second-order valence-corrected chi connectivity index (χ2v) is 21.8. The summed E-state index contributed by atoms with van der Waals surface area (Å²) in [6.07, 6.45) is 5.98. The van der Waals surface area contributed by atoms with Crippen molar-refractivity contribution in [3.63, 3.8) is 0 Å². The van der Waals surface area contributed by atoms with E-state index in [4.69, 9.17) is 18.9 Å². The number of hydrogen-bond donors (Lipinski definition) is 3. The van der Waals surface area contributed by atoms with Gasteiger partial charge in [-0.25, -0.2) is 9.59 Å². The number of aryl methyl sites for hydroxylation is 1. The van der Waals surface area contributed by atoms with E-state index in [1.165, 1.54) is 7.11 Å². The van der Waals surface area contributed by atoms with E-state index in [1.54, 1.807) is 6.07 Å². The van der Waals surface area contributed by atoms with Gasteiger partial charge in [0.2, 0.25) is 0 Å². The normalized spacial score (nSPS) is 15.4. The summed E-state index contributed by atoms with van der Waals surface area (Å²) in [6, 6.07) is 14.8. The molecule has 1 aromatic heterocycles. The number of H-pyrrole nitrogens is 1. The summed E-state index contributed by atoms with van der Waals surface area (Å²) in [4.78, 5) is 59.0. The molecule has 3 N–H and O–H groups in total. The Balaban J connectivity index is 0.000000212. The predicted molar refractivity (Wildman–Crippen MR) is 303 cm³/mol. The van der Waals surface area contributed by atoms with Crippen LogP contribution in [0.3, 0.4) is 0 Å². The number of rotatable bonds is 15. The highest BCUT2D eigenvalue weighted by Crippen LogP contribution is 2.35. The van der Waals surface area contributed by atoms with Crippen LogP contribution in [0.2, 0.25) is 0 Å². The van der Waals surface area contributed by atoms with Crippen LogP contribution < -0.4 is 25.6 Å². The average molecular weight is 1200 g/mol. The number of aromatic amines is 1. The summed E-state index contributed by atoms with van der Waals surface area (Å²) in [5.41, 5.74) is 9.78. The highest BCUT2D eigenvalue weighted by atomic mass is 79.9. The van der Waals surface area contributed by atoms with Crippen LogP contribution in [0.25, 0.3) is 0 Å². The minimum atomic E-state index is -0.881. The van der Waals surface area contributed by atoms with Crippen LogP contribution in [0.15, 0.2) is 60.7 Å². The van der Waals surface area contributed by atoms with Crippen LogP contribution in [0, 0.1) is 27.7 Å². The molecular formula is C56H76Br3N5O9. The Morgan fingerprint density at radius 3 is 1.38 bits per heavy atom. The number of carbonyl (C=O) groups is 3. The smallest absolute Gasteiger partial charge is 0.338 e. The standard InChI is InChI=1S/C25H34BrN3O3.C16H22BrNO3.C15H20BrNO3/c1-6-29(19-7-9-32-10-8-19)23-13-18(26)12-21(17(23)5)24(30)27-14-22-20(15(2)3)11-16(4)28-25(22)31;1-4-18(13-5-7-21-8-6-13)15-10-12(17)9-14(11(15)2)16(19)20-3;1-3-17(12-4-6-20-7-5-12)14-9-11(16)8-13(10(14)2)15(18)19/h11-13,15,19H,6-10,14H2,1-5H3,(H,27,30)(H,28,31);9-10,13H,4-8H2,1-3H3;8-9,12H,3-7H2,1-2H3,(H,18,19). The molecule has 4 heterocycles. The molecule has 73 heavy (non-hydrogen) atoms. The zero-order chi connectivity index (χ0) is 53.5. The van der Waals surface area contributed by atoms with Crippen molar-refractivity contribution in [2.45, 2.75) is 131 Å². The summed E-state index contributed by atoms with van der Waals surface area (Å²) >= 11 is 10.5. The molecule has 3 fully saturated rings. The van der Waals surface area contributed by atoms with Gasteiger partial charge in [0, 0.05) is 131 Å². The topological polar surface area (TPSA) is 163 Å². The molecule has 17 heteroatoms. The lowest BCUT2D eigenvalue weighted by molar-refractivity contribution is 0.0598. The highest BCUT2D eigenvalue weighted by Gasteiger charge is 2.28. The van der Waals surface area contributed by atoms with Crippen molar-refractivity contribution in [3.8, 4) is 0 Å². The van der Waals surface area contributed by atoms with Gasteiger partial charge in [0.15, 0.2) is 0 Å². The minimum Gasteiger partial charge on any atom is -0.478 e. The molecule has 0 atom stereocenters. The molecule has 7 rings (SSSR count). The van der Waals surface area contributed by atoms with E-state index in [2.05, 4.69) is 120 Å². The van der Waals surface area contributed by atoms with Gasteiger partial charge in [0.1, 0.15) is 0 Å². The van der Waals surface area contributed by atoms with Gasteiger partial charge in [-0.05, 0) is 158 Å². The molecular weight excluding hydrogens is 1130 g/mol. The van der Waals surface area contributed by atoms with Gasteiger partial charge in [-0.3, -0.25) is 9.59 Å². The van der Waals surface area contributed by atoms with Crippen molar-refractivity contribution < 1.29 is 38.4 Å². The van der Waals surface area contributed by atoms with Gasteiger partial charge in [-0.2, -0.15) is 0 Å². The lowest BCUT2D eigenvalue weighted by Gasteiger charge is -2.36. The molecule has 0 saturated carbocycles. The maximum atomic E-state index is 13.2. The number of aromatic nitrogens is 1. The number of esters is 1. The number of carboxylic acid groups (broad SMARTS) is 1. The molecule has 1 amide bonds. The number of carbonyl (C=O) groups excluding carboxylic acids is 2. The van der Waals surface area contributed by atoms with Crippen molar-refractivity contribution in [3.05, 3.63) is 116 Å². The van der Waals surface area contributed by atoms with Crippen LogP contribution >= 0.6 is 47.8 Å². The van der Waals surface area contributed by atoms with Crippen LogP contribution in [0.4, 0.5) is 17.1 Å². The van der Waals surface area contributed by atoms with E-state index in [0.717, 1.165) is 156 Å². The molecule has 14 nitrogen and oxygen atoms in total. The number of pyridine rings is 1. The maximum Gasteiger partial charge on any atom is 0.338 e. The van der Waals surface area contributed by atoms with E-state index < -0.39 is 5.97 Å². The van der Waals surface area contributed by atoms with E-state index in [9.17, 15) is 24.3 Å². The Morgan fingerprint density at radius 1 is 0.644 bits per heavy atom. The number of amides is 1. The van der Waals surface area contributed by atoms with Crippen LogP contribution in [-0.4, -0.2) is 112 Å². The SMILES string of the molecule is CCN(c1cc(Br)cc(C(=O)NCc2c(C(C)C)cc(C)[nH]c2=O)c1C)C1CCOCC1.CCN(c1cc(Br)cc(C(=O)O)c1C)C1CCOCC1.CCN(c1cc(Br)cc(C(=O)OC)c1C)C1CCOCC1. The average Bonchev–Trinajstić information content (AvgIpc) is 3.37. The van der Waals surface area contributed by atoms with Gasteiger partial charge >= 0.3 is 11.9 Å². The van der Waals surface area contributed by atoms with Gasteiger partial charge in [0.25, 0.3) is 11.5 Å². The number of nitrogens with zero attached hydrogens (tertiary/aromatic N) is 3. The number of nitrogens with one attached hydrogen (secondary N) is 2. The molecule has 400 valence electrons. The molecule has 4 aromatic rings. The van der Waals surface area contributed by atoms with Gasteiger partial charge in [0.05, 0.1) is 18.2 Å². The van der Waals surface area contributed by atoms with Crippen molar-refractivity contribution in [2.24, 2.45) is 0 Å². The lowest BCUT2D eigenvalue weighted by Crippen LogP contribution is -2.40. The third-order valence-corrected chi connectivity index (χ3v) is 15.5. The monoisotopic (exact) mass is 1200 g/mol. The minimum absolute atomic E-state index is 0.141. The molecule has 3 saturated heterocycles. The predicted octanol–water partition coefficient (Wildman–Crippen LogP) is 11.8. The number of benzene rings is 3. The van der Waals surface area contributed by atoms with Crippen molar-refractivity contribution in [1.82, 2.24) is 10.3 Å². The van der Waals surface area contributed by atoms with E-state index in [-0.39, 0.29) is 29.9 Å². The van der Waals surface area contributed by atoms with Gasteiger partial charge < -0.3 is 49.1 Å². The summed E-state index contributed by atoms with van der Waals surface area (Å²) in [5.74, 6) is -1.16. The molecule has 3 aromatic carbocycles. The Bertz CT molecular complexity index is 2570. The van der Waals surface area contributed by atoms with Gasteiger partial charge in [-0.1, -0.05) is 61.6 Å². The summed E-state index contributed by atoms with van der Waals surface area (Å²) in [7, 11) is 1.42. The quantitative estimate of drug-likeness (QED) is 0.0967. The Morgan fingerprint density at radius 2 is 1.01 bits per heavy atom. The molecule has 0 radical (unpaired) electrons. The first-order valence-electron chi connectivity index (χ1n) is 25.6. The second-order valence-electron chi connectivity index (χ2n) is 19.0. The first-order chi connectivity index (χ1) is 34.8. The van der Waals surface area contributed by atoms with E-state index in [0.29, 0.717) is 40.4 Å². The fourth-order valence-electron chi connectivity index (χ4n) is 10.2. The summed E-state index contributed by atoms with van der Waals surface area (Å²) < 4.78 is 23.9. The molecule has 3 aliphatic rings. The Hall–Kier alpha value is -4.26. The third-order valence-electron chi connectivity index (χ3n) is 14.1. The number of halogens is 3. The summed E-state index contributed by atoms with van der Waals surface area (Å²) in [5, 5.41) is 12.3. The number of carboxylic acids is 1. The number of anilines is 3. The van der Waals surface area contributed by atoms with Gasteiger partial charge in [-0.15, -0.1) is 0 Å². The second kappa shape index (κ2) is 28.6.